The number of nitro benzene ring substituents is 1. The molecular formula is C13H16N2O5S. The molecule has 0 aliphatic rings. The molecule has 0 aliphatic carbocycles. The largest absolute Gasteiger partial charge is 0.481 e. The van der Waals surface area contributed by atoms with E-state index < -0.39 is 16.8 Å². The number of carboxylic acid groups (broad SMARTS) is 1. The Hall–Kier alpha value is -2.09. The second kappa shape index (κ2) is 8.25. The Morgan fingerprint density at radius 3 is 2.48 bits per heavy atom. The molecule has 2 N–H and O–H groups in total. The van der Waals surface area contributed by atoms with Crippen molar-refractivity contribution >= 4 is 29.3 Å². The maximum atomic E-state index is 11.6. The lowest BCUT2D eigenvalue weighted by atomic mass is 10.1. The molecule has 1 aromatic rings. The van der Waals surface area contributed by atoms with Crippen LogP contribution in [0.3, 0.4) is 0 Å². The lowest BCUT2D eigenvalue weighted by Crippen LogP contribution is -2.33. The smallest absolute Gasteiger partial charge is 0.308 e. The number of benzene rings is 1. The average molecular weight is 312 g/mol. The van der Waals surface area contributed by atoms with Crippen LogP contribution in [0.15, 0.2) is 29.2 Å². The normalized spacial score (nSPS) is 11.7. The highest BCUT2D eigenvalue weighted by atomic mass is 32.2. The number of thioether (sulfide) groups is 1. The van der Waals surface area contributed by atoms with Gasteiger partial charge in [0.25, 0.3) is 5.69 Å². The summed E-state index contributed by atoms with van der Waals surface area (Å²) >= 11 is 1.23. The molecule has 114 valence electrons. The first-order valence-electron chi connectivity index (χ1n) is 6.30. The van der Waals surface area contributed by atoms with Crippen LogP contribution < -0.4 is 5.32 Å². The van der Waals surface area contributed by atoms with Gasteiger partial charge in [-0.15, -0.1) is 11.8 Å². The molecule has 8 heteroatoms. The summed E-state index contributed by atoms with van der Waals surface area (Å²) in [5.74, 6) is -1.65. The average Bonchev–Trinajstić information content (AvgIpc) is 2.45. The van der Waals surface area contributed by atoms with E-state index >= 15 is 0 Å². The Morgan fingerprint density at radius 1 is 1.38 bits per heavy atom. The van der Waals surface area contributed by atoms with Crippen LogP contribution in [0.25, 0.3) is 0 Å². The number of carbonyl (C=O) groups excluding carboxylic acids is 1. The van der Waals surface area contributed by atoms with E-state index in [0.717, 1.165) is 4.90 Å². The minimum atomic E-state index is -0.930. The molecule has 0 aromatic heterocycles. The Labute approximate surface area is 125 Å². The molecule has 0 heterocycles. The van der Waals surface area contributed by atoms with Gasteiger partial charge in [-0.25, -0.2) is 0 Å². The molecule has 1 aromatic carbocycles. The molecular weight excluding hydrogens is 296 g/mol. The zero-order valence-electron chi connectivity index (χ0n) is 11.4. The Kier molecular flexibility index (Phi) is 6.67. The van der Waals surface area contributed by atoms with Gasteiger partial charge in [-0.2, -0.15) is 0 Å². The standard InChI is InChI=1S/C13H16N2O5S/c1-2-9(13(17)18)7-14-12(16)8-21-11-5-3-10(4-6-11)15(19)20/h3-6,9H,2,7-8H2,1H3,(H,14,16)(H,17,18). The van der Waals surface area contributed by atoms with E-state index in [4.69, 9.17) is 5.11 Å². The molecule has 21 heavy (non-hydrogen) atoms. The Morgan fingerprint density at radius 2 is 2.00 bits per heavy atom. The van der Waals surface area contributed by atoms with Crippen molar-refractivity contribution < 1.29 is 19.6 Å². The maximum absolute atomic E-state index is 11.6. The highest BCUT2D eigenvalue weighted by Crippen LogP contribution is 2.21. The van der Waals surface area contributed by atoms with Gasteiger partial charge in [-0.3, -0.25) is 19.7 Å². The van der Waals surface area contributed by atoms with Crippen LogP contribution in [0.2, 0.25) is 0 Å². The summed E-state index contributed by atoms with van der Waals surface area (Å²) in [5.41, 5.74) is -0.00366. The van der Waals surface area contributed by atoms with Gasteiger partial charge in [0.15, 0.2) is 0 Å². The van der Waals surface area contributed by atoms with E-state index in [2.05, 4.69) is 5.32 Å². The number of amides is 1. The number of nitrogens with zero attached hydrogens (tertiary/aromatic N) is 1. The highest BCUT2D eigenvalue weighted by Gasteiger charge is 2.15. The number of carboxylic acids is 1. The fourth-order valence-corrected chi connectivity index (χ4v) is 2.24. The van der Waals surface area contributed by atoms with Gasteiger partial charge in [0.1, 0.15) is 0 Å². The van der Waals surface area contributed by atoms with E-state index in [0.29, 0.717) is 6.42 Å². The minimum Gasteiger partial charge on any atom is -0.481 e. The van der Waals surface area contributed by atoms with Crippen molar-refractivity contribution in [1.82, 2.24) is 5.32 Å². The van der Waals surface area contributed by atoms with Gasteiger partial charge in [0, 0.05) is 23.6 Å². The number of aliphatic carboxylic acids is 1. The number of hydrogen-bond donors (Lipinski definition) is 2. The topological polar surface area (TPSA) is 110 Å². The van der Waals surface area contributed by atoms with Gasteiger partial charge in [-0.1, -0.05) is 6.92 Å². The molecule has 1 atom stereocenters. The van der Waals surface area contributed by atoms with Crippen molar-refractivity contribution in [2.45, 2.75) is 18.2 Å². The minimum absolute atomic E-state index is 0.00366. The summed E-state index contributed by atoms with van der Waals surface area (Å²) in [6.45, 7) is 1.85. The molecule has 0 fully saturated rings. The predicted octanol–water partition coefficient (Wildman–Crippen LogP) is 1.91. The van der Waals surface area contributed by atoms with Crippen molar-refractivity contribution in [2.75, 3.05) is 12.3 Å². The van der Waals surface area contributed by atoms with Crippen molar-refractivity contribution in [2.24, 2.45) is 5.92 Å². The van der Waals surface area contributed by atoms with Crippen LogP contribution in [0.5, 0.6) is 0 Å². The second-order valence-corrected chi connectivity index (χ2v) is 5.34. The first kappa shape index (κ1) is 17.0. The maximum Gasteiger partial charge on any atom is 0.308 e. The molecule has 7 nitrogen and oxygen atoms in total. The Balaban J connectivity index is 2.39. The van der Waals surface area contributed by atoms with E-state index in [9.17, 15) is 19.7 Å². The first-order valence-corrected chi connectivity index (χ1v) is 7.29. The van der Waals surface area contributed by atoms with Gasteiger partial charge >= 0.3 is 5.97 Å². The number of carbonyl (C=O) groups is 2. The number of rotatable bonds is 8. The summed E-state index contributed by atoms with van der Waals surface area (Å²) < 4.78 is 0. The SMILES string of the molecule is CCC(CNC(=O)CSc1ccc([N+](=O)[O-])cc1)C(=O)O. The van der Waals surface area contributed by atoms with Crippen molar-refractivity contribution in [3.63, 3.8) is 0 Å². The van der Waals surface area contributed by atoms with Crippen LogP contribution in [-0.4, -0.2) is 34.2 Å². The summed E-state index contributed by atoms with van der Waals surface area (Å²) in [5, 5.41) is 21.9. The fraction of sp³-hybridized carbons (Fsp3) is 0.385. The number of nitrogens with one attached hydrogen (secondary N) is 1. The quantitative estimate of drug-likeness (QED) is 0.431. The van der Waals surface area contributed by atoms with E-state index in [-0.39, 0.29) is 23.9 Å². The molecule has 0 bridgehead atoms. The zero-order chi connectivity index (χ0) is 15.8. The van der Waals surface area contributed by atoms with Gasteiger partial charge < -0.3 is 10.4 Å². The van der Waals surface area contributed by atoms with Crippen molar-refractivity contribution in [3.8, 4) is 0 Å². The predicted molar refractivity (Wildman–Crippen MR) is 78.2 cm³/mol. The van der Waals surface area contributed by atoms with Gasteiger partial charge in [0.2, 0.25) is 5.91 Å². The third-order valence-electron chi connectivity index (χ3n) is 2.81. The molecule has 0 spiro atoms. The number of hydrogen-bond acceptors (Lipinski definition) is 5. The molecule has 0 aliphatic heterocycles. The monoisotopic (exact) mass is 312 g/mol. The lowest BCUT2D eigenvalue weighted by molar-refractivity contribution is -0.384. The number of nitro groups is 1. The lowest BCUT2D eigenvalue weighted by Gasteiger charge is -2.10. The van der Waals surface area contributed by atoms with Crippen LogP contribution in [0.4, 0.5) is 5.69 Å². The van der Waals surface area contributed by atoms with Crippen LogP contribution in [0.1, 0.15) is 13.3 Å². The van der Waals surface area contributed by atoms with Crippen LogP contribution in [-0.2, 0) is 9.59 Å². The second-order valence-electron chi connectivity index (χ2n) is 4.29. The molecule has 1 unspecified atom stereocenters. The molecule has 1 amide bonds. The Bertz CT molecular complexity index is 518. The summed E-state index contributed by atoms with van der Waals surface area (Å²) in [7, 11) is 0. The van der Waals surface area contributed by atoms with E-state index in [1.54, 1.807) is 19.1 Å². The van der Waals surface area contributed by atoms with Gasteiger partial charge in [-0.05, 0) is 18.6 Å². The third-order valence-corrected chi connectivity index (χ3v) is 3.82. The van der Waals surface area contributed by atoms with Crippen LogP contribution in [0, 0.1) is 16.0 Å². The van der Waals surface area contributed by atoms with E-state index in [1.165, 1.54) is 23.9 Å². The first-order chi connectivity index (χ1) is 9.93. The van der Waals surface area contributed by atoms with Crippen molar-refractivity contribution in [3.05, 3.63) is 34.4 Å². The summed E-state index contributed by atoms with van der Waals surface area (Å²) in [6, 6.07) is 5.89. The summed E-state index contributed by atoms with van der Waals surface area (Å²) in [4.78, 5) is 33.1. The zero-order valence-corrected chi connectivity index (χ0v) is 12.3. The van der Waals surface area contributed by atoms with E-state index in [1.807, 2.05) is 0 Å². The van der Waals surface area contributed by atoms with Crippen molar-refractivity contribution in [1.29, 1.82) is 0 Å². The fourth-order valence-electron chi connectivity index (χ4n) is 1.51. The highest BCUT2D eigenvalue weighted by molar-refractivity contribution is 8.00. The molecule has 0 saturated heterocycles. The molecule has 0 saturated carbocycles. The molecule has 0 radical (unpaired) electrons. The number of non-ortho nitro benzene ring substituents is 1. The molecule has 1 rings (SSSR count). The van der Waals surface area contributed by atoms with Gasteiger partial charge in [0.05, 0.1) is 16.6 Å². The van der Waals surface area contributed by atoms with Crippen LogP contribution >= 0.6 is 11.8 Å². The summed E-state index contributed by atoms with van der Waals surface area (Å²) in [6.07, 6.45) is 0.450. The third kappa shape index (κ3) is 5.82.